The lowest BCUT2D eigenvalue weighted by atomic mass is 10.1. The van der Waals surface area contributed by atoms with E-state index in [9.17, 15) is 14.4 Å². The third-order valence-electron chi connectivity index (χ3n) is 4.39. The van der Waals surface area contributed by atoms with E-state index in [1.807, 2.05) is 19.9 Å². The quantitative estimate of drug-likeness (QED) is 0.671. The number of hydrogen-bond donors (Lipinski definition) is 0. The van der Waals surface area contributed by atoms with Crippen LogP contribution in [0.2, 0.25) is 0 Å². The van der Waals surface area contributed by atoms with E-state index in [4.69, 9.17) is 0 Å². The van der Waals surface area contributed by atoms with E-state index in [0.717, 1.165) is 22.6 Å². The molecule has 0 unspecified atom stereocenters. The molecule has 6 nitrogen and oxygen atoms in total. The maximum absolute atomic E-state index is 13.2. The van der Waals surface area contributed by atoms with Gasteiger partial charge in [0.2, 0.25) is 0 Å². The molecule has 2 heterocycles. The van der Waals surface area contributed by atoms with Crippen LogP contribution in [0.3, 0.4) is 0 Å². The second kappa shape index (κ2) is 7.00. The molecular formula is C20H18FN5O. The van der Waals surface area contributed by atoms with E-state index >= 15 is 0 Å². The number of rotatable bonds is 3. The largest absolute Gasteiger partial charge is 0.289 e. The molecule has 0 aliphatic heterocycles. The molecule has 0 spiro atoms. The van der Waals surface area contributed by atoms with Crippen molar-refractivity contribution in [2.75, 3.05) is 0 Å². The van der Waals surface area contributed by atoms with Crippen LogP contribution in [0.1, 0.15) is 33.8 Å². The fourth-order valence-electron chi connectivity index (χ4n) is 2.95. The second-order valence-electron chi connectivity index (χ2n) is 6.29. The molecule has 0 radical (unpaired) electrons. The van der Waals surface area contributed by atoms with Crippen LogP contribution in [-0.2, 0) is 0 Å². The predicted octanol–water partition coefficient (Wildman–Crippen LogP) is 3.16. The summed E-state index contributed by atoms with van der Waals surface area (Å²) in [4.78, 5) is 12.5. The van der Waals surface area contributed by atoms with Crippen LogP contribution in [0, 0.1) is 44.8 Å². The van der Waals surface area contributed by atoms with Gasteiger partial charge in [-0.05, 0) is 63.6 Å². The summed E-state index contributed by atoms with van der Waals surface area (Å²) in [5, 5.41) is 17.9. The van der Waals surface area contributed by atoms with Crippen LogP contribution in [0.25, 0.3) is 5.69 Å². The van der Waals surface area contributed by atoms with Crippen molar-refractivity contribution < 1.29 is 4.39 Å². The van der Waals surface area contributed by atoms with Gasteiger partial charge < -0.3 is 0 Å². The maximum Gasteiger partial charge on any atom is 0.289 e. The lowest BCUT2D eigenvalue weighted by Crippen LogP contribution is -2.22. The highest BCUT2D eigenvalue weighted by molar-refractivity contribution is 5.82. The summed E-state index contributed by atoms with van der Waals surface area (Å²) < 4.78 is 16.1. The summed E-state index contributed by atoms with van der Waals surface area (Å²) in [6.45, 7) is 7.19. The Balaban J connectivity index is 2.06. The fourth-order valence-corrected chi connectivity index (χ4v) is 2.95. The van der Waals surface area contributed by atoms with Gasteiger partial charge in [0, 0.05) is 11.3 Å². The van der Waals surface area contributed by atoms with Crippen LogP contribution >= 0.6 is 0 Å². The molecule has 27 heavy (non-hydrogen) atoms. The van der Waals surface area contributed by atoms with E-state index in [-0.39, 0.29) is 11.4 Å². The normalized spacial score (nSPS) is 11.1. The molecule has 0 saturated carbocycles. The highest BCUT2D eigenvalue weighted by Gasteiger charge is 2.13. The summed E-state index contributed by atoms with van der Waals surface area (Å²) in [5.74, 6) is -0.315. The van der Waals surface area contributed by atoms with Crippen molar-refractivity contribution in [3.8, 4) is 11.8 Å². The Morgan fingerprint density at radius 2 is 1.85 bits per heavy atom. The topological polar surface area (TPSA) is 76.0 Å². The molecule has 1 aromatic carbocycles. The van der Waals surface area contributed by atoms with Crippen molar-refractivity contribution in [3.63, 3.8) is 0 Å². The van der Waals surface area contributed by atoms with Gasteiger partial charge in [-0.15, -0.1) is 0 Å². The van der Waals surface area contributed by atoms with Gasteiger partial charge in [-0.3, -0.25) is 4.79 Å². The standard InChI is InChI=1S/C20H18FN5O/c1-12-9-13(2)25(20(27)18(12)10-22)23-11-19-14(3)24-26(15(19)4)17-7-5-16(21)6-8-17/h5-9,11H,1-4H3. The predicted molar refractivity (Wildman–Crippen MR) is 101 cm³/mol. The average molecular weight is 363 g/mol. The highest BCUT2D eigenvalue weighted by Crippen LogP contribution is 2.17. The number of aryl methyl sites for hydroxylation is 3. The first kappa shape index (κ1) is 18.3. The Morgan fingerprint density at radius 1 is 1.19 bits per heavy atom. The Morgan fingerprint density at radius 3 is 2.48 bits per heavy atom. The third kappa shape index (κ3) is 3.29. The Hall–Kier alpha value is -3.53. The van der Waals surface area contributed by atoms with Gasteiger partial charge in [-0.2, -0.15) is 15.5 Å². The summed E-state index contributed by atoms with van der Waals surface area (Å²) in [7, 11) is 0. The Bertz CT molecular complexity index is 1150. The van der Waals surface area contributed by atoms with Gasteiger partial charge in [-0.1, -0.05) is 0 Å². The molecule has 7 heteroatoms. The minimum Gasteiger partial charge on any atom is -0.266 e. The number of hydrogen-bond acceptors (Lipinski definition) is 4. The molecule has 3 aromatic rings. The molecule has 0 saturated heterocycles. The summed E-state index contributed by atoms with van der Waals surface area (Å²) in [5.41, 5.74) is 3.90. The zero-order valence-electron chi connectivity index (χ0n) is 15.5. The summed E-state index contributed by atoms with van der Waals surface area (Å²) >= 11 is 0. The molecule has 0 fully saturated rings. The van der Waals surface area contributed by atoms with Crippen molar-refractivity contribution in [2.24, 2.45) is 5.10 Å². The van der Waals surface area contributed by atoms with Crippen molar-refractivity contribution in [2.45, 2.75) is 27.7 Å². The van der Waals surface area contributed by atoms with E-state index in [0.29, 0.717) is 11.3 Å². The van der Waals surface area contributed by atoms with Crippen LogP contribution < -0.4 is 5.56 Å². The zero-order valence-corrected chi connectivity index (χ0v) is 15.5. The van der Waals surface area contributed by atoms with Crippen molar-refractivity contribution in [1.82, 2.24) is 14.5 Å². The van der Waals surface area contributed by atoms with E-state index < -0.39 is 5.56 Å². The van der Waals surface area contributed by atoms with Gasteiger partial charge in [0.1, 0.15) is 17.4 Å². The second-order valence-corrected chi connectivity index (χ2v) is 6.29. The van der Waals surface area contributed by atoms with E-state index in [2.05, 4.69) is 10.2 Å². The molecule has 0 atom stereocenters. The lowest BCUT2D eigenvalue weighted by Gasteiger charge is -2.06. The smallest absolute Gasteiger partial charge is 0.266 e. The number of nitrogens with zero attached hydrogens (tertiary/aromatic N) is 5. The number of pyridine rings is 1. The summed E-state index contributed by atoms with van der Waals surface area (Å²) in [6.07, 6.45) is 1.56. The van der Waals surface area contributed by atoms with Gasteiger partial charge >= 0.3 is 0 Å². The molecule has 3 rings (SSSR count). The van der Waals surface area contributed by atoms with Gasteiger partial charge in [0.05, 0.1) is 23.3 Å². The maximum atomic E-state index is 13.2. The van der Waals surface area contributed by atoms with Crippen molar-refractivity contribution in [1.29, 1.82) is 5.26 Å². The monoisotopic (exact) mass is 363 g/mol. The first-order valence-corrected chi connectivity index (χ1v) is 8.33. The Kier molecular flexibility index (Phi) is 4.74. The summed E-state index contributed by atoms with van der Waals surface area (Å²) in [6, 6.07) is 9.71. The molecule has 0 bridgehead atoms. The van der Waals surface area contributed by atoms with E-state index in [1.54, 1.807) is 42.9 Å². The van der Waals surface area contributed by atoms with Crippen LogP contribution in [-0.4, -0.2) is 20.7 Å². The highest BCUT2D eigenvalue weighted by atomic mass is 19.1. The molecule has 0 aliphatic rings. The minimum absolute atomic E-state index is 0.0770. The zero-order chi connectivity index (χ0) is 19.7. The molecular weight excluding hydrogens is 345 g/mol. The molecule has 2 aromatic heterocycles. The van der Waals surface area contributed by atoms with Gasteiger partial charge in [-0.25, -0.2) is 13.7 Å². The first-order valence-electron chi connectivity index (χ1n) is 8.33. The van der Waals surface area contributed by atoms with Crippen molar-refractivity contribution in [3.05, 3.63) is 80.3 Å². The SMILES string of the molecule is Cc1cc(C)n(N=Cc2c(C)nn(-c3ccc(F)cc3)c2C)c(=O)c1C#N. The first-order chi connectivity index (χ1) is 12.8. The van der Waals surface area contributed by atoms with Gasteiger partial charge in [0.15, 0.2) is 0 Å². The molecule has 0 aliphatic carbocycles. The minimum atomic E-state index is -0.451. The number of nitriles is 1. The van der Waals surface area contributed by atoms with Gasteiger partial charge in [0.25, 0.3) is 5.56 Å². The van der Waals surface area contributed by atoms with Crippen LogP contribution in [0.5, 0.6) is 0 Å². The number of benzene rings is 1. The average Bonchev–Trinajstić information content (AvgIpc) is 2.90. The van der Waals surface area contributed by atoms with Crippen molar-refractivity contribution >= 4 is 6.21 Å². The third-order valence-corrected chi connectivity index (χ3v) is 4.39. The Labute approximate surface area is 155 Å². The molecule has 136 valence electrons. The van der Waals surface area contributed by atoms with Crippen LogP contribution in [0.15, 0.2) is 40.2 Å². The number of aromatic nitrogens is 3. The fraction of sp³-hybridized carbons (Fsp3) is 0.200. The number of halogens is 1. The lowest BCUT2D eigenvalue weighted by molar-refractivity contribution is 0.627. The molecule has 0 N–H and O–H groups in total. The van der Waals surface area contributed by atoms with Crippen LogP contribution in [0.4, 0.5) is 4.39 Å². The van der Waals surface area contributed by atoms with E-state index in [1.165, 1.54) is 16.8 Å². The molecule has 0 amide bonds.